The third kappa shape index (κ3) is 4.99. The summed E-state index contributed by atoms with van der Waals surface area (Å²) in [5.41, 5.74) is 1.26. The molecule has 1 heterocycles. The van der Waals surface area contributed by atoms with Crippen molar-refractivity contribution in [1.82, 2.24) is 4.90 Å². The second-order valence-corrected chi connectivity index (χ2v) is 6.63. The number of carbonyl (C=O) groups is 2. The molecule has 142 valence electrons. The molecule has 6 nitrogen and oxygen atoms in total. The van der Waals surface area contributed by atoms with E-state index in [9.17, 15) is 9.59 Å². The molecule has 1 N–H and O–H groups in total. The van der Waals surface area contributed by atoms with Crippen LogP contribution < -0.4 is 4.74 Å². The first-order chi connectivity index (χ1) is 13.0. The molecule has 0 spiro atoms. The molecule has 1 fully saturated rings. The Labute approximate surface area is 162 Å². The standard InChI is InChI=1S/C20H20ClNO5/c21-17-7-3-1-5-14(17)13-27-18-8-4-2-6-16(18)20(25)22-9-10-26-15(12-22)11-19(23)24/h1-8,15H,9-13H2,(H,23,24). The second-order valence-electron chi connectivity index (χ2n) is 6.22. The summed E-state index contributed by atoms with van der Waals surface area (Å²) in [4.78, 5) is 25.5. The SMILES string of the molecule is O=C(O)CC1CN(C(=O)c2ccccc2OCc2ccccc2Cl)CCO1. The molecule has 0 aliphatic carbocycles. The van der Waals surface area contributed by atoms with Crippen LogP contribution in [0.2, 0.25) is 5.02 Å². The van der Waals surface area contributed by atoms with E-state index in [-0.39, 0.29) is 25.5 Å². The maximum atomic E-state index is 12.9. The van der Waals surface area contributed by atoms with Crippen molar-refractivity contribution in [2.24, 2.45) is 0 Å². The minimum atomic E-state index is -0.947. The molecule has 0 radical (unpaired) electrons. The zero-order valence-corrected chi connectivity index (χ0v) is 15.4. The average molecular weight is 390 g/mol. The van der Waals surface area contributed by atoms with E-state index in [1.165, 1.54) is 0 Å². The Morgan fingerprint density at radius 1 is 1.19 bits per heavy atom. The van der Waals surface area contributed by atoms with Crippen LogP contribution in [0.25, 0.3) is 0 Å². The van der Waals surface area contributed by atoms with Gasteiger partial charge in [0.1, 0.15) is 12.4 Å². The number of hydrogen-bond acceptors (Lipinski definition) is 4. The topological polar surface area (TPSA) is 76.1 Å². The molecule has 1 saturated heterocycles. The Kier molecular flexibility index (Phi) is 6.32. The van der Waals surface area contributed by atoms with Gasteiger partial charge in [0.2, 0.25) is 0 Å². The van der Waals surface area contributed by atoms with Crippen molar-refractivity contribution in [2.45, 2.75) is 19.1 Å². The van der Waals surface area contributed by atoms with Crippen LogP contribution in [0.3, 0.4) is 0 Å². The first kappa shape index (κ1) is 19.2. The lowest BCUT2D eigenvalue weighted by molar-refractivity contribution is -0.141. The summed E-state index contributed by atoms with van der Waals surface area (Å²) >= 11 is 6.16. The van der Waals surface area contributed by atoms with Gasteiger partial charge in [-0.15, -0.1) is 0 Å². The first-order valence-electron chi connectivity index (χ1n) is 8.62. The molecule has 3 rings (SSSR count). The van der Waals surface area contributed by atoms with Crippen molar-refractivity contribution in [3.63, 3.8) is 0 Å². The molecule has 2 aromatic rings. The van der Waals surface area contributed by atoms with Crippen LogP contribution in [0.1, 0.15) is 22.3 Å². The van der Waals surface area contributed by atoms with E-state index in [1.807, 2.05) is 18.2 Å². The number of morpholine rings is 1. The smallest absolute Gasteiger partial charge is 0.306 e. The summed E-state index contributed by atoms with van der Waals surface area (Å²) in [6.45, 7) is 1.21. The molecule has 0 saturated carbocycles. The number of para-hydroxylation sites is 1. The lowest BCUT2D eigenvalue weighted by atomic mass is 10.1. The Morgan fingerprint density at radius 3 is 2.70 bits per heavy atom. The van der Waals surface area contributed by atoms with Gasteiger partial charge >= 0.3 is 5.97 Å². The van der Waals surface area contributed by atoms with Gasteiger partial charge < -0.3 is 19.5 Å². The van der Waals surface area contributed by atoms with Crippen molar-refractivity contribution in [1.29, 1.82) is 0 Å². The van der Waals surface area contributed by atoms with Gasteiger partial charge in [0, 0.05) is 23.7 Å². The second kappa shape index (κ2) is 8.88. The number of halogens is 1. The van der Waals surface area contributed by atoms with Crippen molar-refractivity contribution >= 4 is 23.5 Å². The molecule has 0 aromatic heterocycles. The number of benzene rings is 2. The Balaban J connectivity index is 1.72. The summed E-state index contributed by atoms with van der Waals surface area (Å²) < 4.78 is 11.3. The van der Waals surface area contributed by atoms with Crippen LogP contribution in [-0.2, 0) is 16.1 Å². The van der Waals surface area contributed by atoms with E-state index in [0.29, 0.717) is 29.5 Å². The summed E-state index contributed by atoms with van der Waals surface area (Å²) in [6, 6.07) is 14.4. The normalized spacial score (nSPS) is 16.8. The van der Waals surface area contributed by atoms with E-state index in [2.05, 4.69) is 0 Å². The number of carboxylic acid groups (broad SMARTS) is 1. The van der Waals surface area contributed by atoms with Crippen molar-refractivity contribution < 1.29 is 24.2 Å². The maximum absolute atomic E-state index is 12.9. The van der Waals surface area contributed by atoms with E-state index in [1.54, 1.807) is 35.2 Å². The number of carboxylic acids is 1. The quantitative estimate of drug-likeness (QED) is 0.820. The monoisotopic (exact) mass is 389 g/mol. The highest BCUT2D eigenvalue weighted by molar-refractivity contribution is 6.31. The molecule has 1 atom stereocenters. The van der Waals surface area contributed by atoms with Gasteiger partial charge in [-0.1, -0.05) is 41.9 Å². The Morgan fingerprint density at radius 2 is 1.93 bits per heavy atom. The number of ether oxygens (including phenoxy) is 2. The highest BCUT2D eigenvalue weighted by Gasteiger charge is 2.28. The molecular weight excluding hydrogens is 370 g/mol. The molecule has 1 amide bonds. The number of carbonyl (C=O) groups excluding carboxylic acids is 1. The number of nitrogens with zero attached hydrogens (tertiary/aromatic N) is 1. The van der Waals surface area contributed by atoms with Crippen LogP contribution in [0, 0.1) is 0 Å². The molecule has 1 aliphatic heterocycles. The van der Waals surface area contributed by atoms with Crippen LogP contribution in [0.15, 0.2) is 48.5 Å². The van der Waals surface area contributed by atoms with Crippen LogP contribution in [0.5, 0.6) is 5.75 Å². The molecule has 27 heavy (non-hydrogen) atoms. The lowest BCUT2D eigenvalue weighted by Crippen LogP contribution is -2.46. The maximum Gasteiger partial charge on any atom is 0.306 e. The summed E-state index contributed by atoms with van der Waals surface area (Å²) in [5, 5.41) is 9.54. The Bertz CT molecular complexity index is 826. The molecule has 2 aromatic carbocycles. The third-order valence-electron chi connectivity index (χ3n) is 4.29. The van der Waals surface area contributed by atoms with Crippen molar-refractivity contribution in [3.8, 4) is 5.75 Å². The van der Waals surface area contributed by atoms with E-state index in [0.717, 1.165) is 5.56 Å². The third-order valence-corrected chi connectivity index (χ3v) is 4.66. The molecular formula is C20H20ClNO5. The fourth-order valence-electron chi connectivity index (χ4n) is 2.93. The van der Waals surface area contributed by atoms with Gasteiger partial charge in [-0.2, -0.15) is 0 Å². The Hall–Kier alpha value is -2.57. The molecule has 7 heteroatoms. The van der Waals surface area contributed by atoms with Gasteiger partial charge in [-0.05, 0) is 18.2 Å². The van der Waals surface area contributed by atoms with E-state index >= 15 is 0 Å². The molecule has 1 aliphatic rings. The highest BCUT2D eigenvalue weighted by Crippen LogP contribution is 2.24. The van der Waals surface area contributed by atoms with Gasteiger partial charge in [0.25, 0.3) is 5.91 Å². The van der Waals surface area contributed by atoms with Crippen molar-refractivity contribution in [3.05, 3.63) is 64.7 Å². The average Bonchev–Trinajstić information content (AvgIpc) is 2.67. The largest absolute Gasteiger partial charge is 0.488 e. The number of hydrogen-bond donors (Lipinski definition) is 1. The highest BCUT2D eigenvalue weighted by atomic mass is 35.5. The number of rotatable bonds is 6. The van der Waals surface area contributed by atoms with E-state index in [4.69, 9.17) is 26.2 Å². The summed E-state index contributed by atoms with van der Waals surface area (Å²) in [5.74, 6) is -0.690. The minimum absolute atomic E-state index is 0.131. The fourth-order valence-corrected chi connectivity index (χ4v) is 3.12. The number of aliphatic carboxylic acids is 1. The molecule has 1 unspecified atom stereocenters. The van der Waals surface area contributed by atoms with Crippen LogP contribution >= 0.6 is 11.6 Å². The van der Waals surface area contributed by atoms with Gasteiger partial charge in [-0.25, -0.2) is 0 Å². The summed E-state index contributed by atoms with van der Waals surface area (Å²) in [7, 11) is 0. The summed E-state index contributed by atoms with van der Waals surface area (Å²) in [6.07, 6.45) is -0.634. The van der Waals surface area contributed by atoms with Crippen LogP contribution in [0.4, 0.5) is 0 Å². The lowest BCUT2D eigenvalue weighted by Gasteiger charge is -2.32. The van der Waals surface area contributed by atoms with Crippen LogP contribution in [-0.4, -0.2) is 47.7 Å². The first-order valence-corrected chi connectivity index (χ1v) is 9.00. The fraction of sp³-hybridized carbons (Fsp3) is 0.300. The molecule has 0 bridgehead atoms. The predicted octanol–water partition coefficient (Wildman–Crippen LogP) is 3.23. The van der Waals surface area contributed by atoms with Gasteiger partial charge in [-0.3, -0.25) is 9.59 Å². The zero-order valence-electron chi connectivity index (χ0n) is 14.6. The number of amides is 1. The van der Waals surface area contributed by atoms with E-state index < -0.39 is 12.1 Å². The predicted molar refractivity (Wildman–Crippen MR) is 100 cm³/mol. The van der Waals surface area contributed by atoms with Crippen molar-refractivity contribution in [2.75, 3.05) is 19.7 Å². The van der Waals surface area contributed by atoms with Gasteiger partial charge in [0.15, 0.2) is 0 Å². The minimum Gasteiger partial charge on any atom is -0.488 e. The zero-order chi connectivity index (χ0) is 19.2. The van der Waals surface area contributed by atoms with Gasteiger partial charge in [0.05, 0.1) is 24.7 Å².